The van der Waals surface area contributed by atoms with Crippen molar-refractivity contribution >= 4 is 23.8 Å². The maximum atomic E-state index is 12.4. The van der Waals surface area contributed by atoms with Crippen LogP contribution >= 0.6 is 11.6 Å². The molecule has 2 N–H and O–H groups in total. The van der Waals surface area contributed by atoms with E-state index in [-0.39, 0.29) is 18.2 Å². The number of aliphatic hydroxyl groups is 2. The Labute approximate surface area is 208 Å². The van der Waals surface area contributed by atoms with Crippen molar-refractivity contribution in [3.8, 4) is 11.6 Å². The molecule has 0 saturated heterocycles. The molecule has 186 valence electrons. The predicted octanol–water partition coefficient (Wildman–Crippen LogP) is 1.55. The molecule has 2 atom stereocenters. The molecular formula is C25H30ClN5O4. The Balaban J connectivity index is 1.91. The van der Waals surface area contributed by atoms with Crippen LogP contribution in [0, 0.1) is 19.8 Å². The van der Waals surface area contributed by atoms with E-state index in [4.69, 9.17) is 21.1 Å². The van der Waals surface area contributed by atoms with Crippen LogP contribution in [0.3, 0.4) is 0 Å². The SMILES string of the molecule is COc1nc2c(c(Cl)c1OCC(C)(C)O)=CC(C(O)(c1ccc(C)nc1C)c1cnnn1C)CC=2. The Morgan fingerprint density at radius 1 is 1.20 bits per heavy atom. The molecule has 3 aromatic heterocycles. The molecule has 0 amide bonds. The molecule has 0 bridgehead atoms. The zero-order chi connectivity index (χ0) is 25.5. The molecule has 1 aliphatic rings. The molecule has 0 aromatic carbocycles. The molecule has 9 nitrogen and oxygen atoms in total. The number of fused-ring (bicyclic) bond motifs is 1. The van der Waals surface area contributed by atoms with Crippen LogP contribution in [-0.2, 0) is 12.6 Å². The maximum Gasteiger partial charge on any atom is 0.258 e. The van der Waals surface area contributed by atoms with Gasteiger partial charge in [0.05, 0.1) is 35.0 Å². The minimum atomic E-state index is -1.49. The number of rotatable bonds is 7. The first-order chi connectivity index (χ1) is 16.5. The highest BCUT2D eigenvalue weighted by Crippen LogP contribution is 2.41. The lowest BCUT2D eigenvalue weighted by Gasteiger charge is -2.36. The third-order valence-corrected chi connectivity index (χ3v) is 6.48. The summed E-state index contributed by atoms with van der Waals surface area (Å²) in [4.78, 5) is 9.16. The molecule has 2 unspecified atom stereocenters. The average molecular weight is 500 g/mol. The molecule has 3 aromatic rings. The van der Waals surface area contributed by atoms with E-state index in [1.54, 1.807) is 31.8 Å². The summed E-state index contributed by atoms with van der Waals surface area (Å²) in [7, 11) is 3.23. The van der Waals surface area contributed by atoms with E-state index in [1.165, 1.54) is 7.11 Å². The first kappa shape index (κ1) is 25.1. The van der Waals surface area contributed by atoms with Gasteiger partial charge in [0.25, 0.3) is 5.88 Å². The lowest BCUT2D eigenvalue weighted by molar-refractivity contribution is 0.0273. The van der Waals surface area contributed by atoms with Gasteiger partial charge in [-0.2, -0.15) is 0 Å². The van der Waals surface area contributed by atoms with Crippen molar-refractivity contribution in [2.75, 3.05) is 13.7 Å². The Hall–Kier alpha value is -3.01. The highest BCUT2D eigenvalue weighted by atomic mass is 35.5. The zero-order valence-electron chi connectivity index (χ0n) is 20.7. The number of methoxy groups -OCH3 is 1. The molecule has 1 aliphatic carbocycles. The second-order valence-corrected chi connectivity index (χ2v) is 9.85. The summed E-state index contributed by atoms with van der Waals surface area (Å²) in [5.41, 5.74) is 0.179. The molecule has 3 heterocycles. The third kappa shape index (κ3) is 4.63. The van der Waals surface area contributed by atoms with Gasteiger partial charge in [0, 0.05) is 35.1 Å². The summed E-state index contributed by atoms with van der Waals surface area (Å²) in [5.74, 6) is 0.0234. The fraction of sp³-hybridized carbons (Fsp3) is 0.440. The van der Waals surface area contributed by atoms with Crippen molar-refractivity contribution in [1.29, 1.82) is 0 Å². The van der Waals surface area contributed by atoms with Gasteiger partial charge in [-0.25, -0.2) is 9.67 Å². The van der Waals surface area contributed by atoms with E-state index >= 15 is 0 Å². The molecule has 0 spiro atoms. The molecule has 0 radical (unpaired) electrons. The van der Waals surface area contributed by atoms with Crippen molar-refractivity contribution in [3.63, 3.8) is 0 Å². The maximum absolute atomic E-state index is 12.4. The predicted molar refractivity (Wildman–Crippen MR) is 132 cm³/mol. The average Bonchev–Trinajstić information content (AvgIpc) is 3.23. The molecule has 0 aliphatic heterocycles. The van der Waals surface area contributed by atoms with Crippen molar-refractivity contribution in [1.82, 2.24) is 25.0 Å². The third-order valence-electron chi connectivity index (χ3n) is 6.10. The van der Waals surface area contributed by atoms with Crippen molar-refractivity contribution in [3.05, 3.63) is 56.6 Å². The van der Waals surface area contributed by atoms with Crippen LogP contribution in [0.5, 0.6) is 11.6 Å². The lowest BCUT2D eigenvalue weighted by atomic mass is 9.75. The quantitative estimate of drug-likeness (QED) is 0.503. The Morgan fingerprint density at radius 3 is 2.54 bits per heavy atom. The van der Waals surface area contributed by atoms with Gasteiger partial charge >= 0.3 is 0 Å². The minimum Gasteiger partial charge on any atom is -0.484 e. The summed E-state index contributed by atoms with van der Waals surface area (Å²) < 4.78 is 12.8. The molecule has 4 rings (SSSR count). The molecule has 0 saturated carbocycles. The number of nitrogens with zero attached hydrogens (tertiary/aromatic N) is 5. The van der Waals surface area contributed by atoms with Crippen LogP contribution in [-0.4, -0.2) is 54.5 Å². The van der Waals surface area contributed by atoms with Gasteiger partial charge in [-0.1, -0.05) is 35.0 Å². The van der Waals surface area contributed by atoms with Gasteiger partial charge in [-0.15, -0.1) is 5.10 Å². The van der Waals surface area contributed by atoms with E-state index in [0.29, 0.717) is 39.0 Å². The number of hydrogen-bond acceptors (Lipinski definition) is 8. The largest absolute Gasteiger partial charge is 0.484 e. The van der Waals surface area contributed by atoms with Gasteiger partial charge in [-0.3, -0.25) is 4.98 Å². The Bertz CT molecular complexity index is 1380. The summed E-state index contributed by atoms with van der Waals surface area (Å²) in [6, 6.07) is 3.76. The topological polar surface area (TPSA) is 115 Å². The van der Waals surface area contributed by atoms with Crippen LogP contribution in [0.2, 0.25) is 5.02 Å². The van der Waals surface area contributed by atoms with E-state index in [0.717, 1.165) is 5.69 Å². The summed E-state index contributed by atoms with van der Waals surface area (Å²) in [5, 5.41) is 32.1. The number of hydrogen-bond donors (Lipinski definition) is 2. The smallest absolute Gasteiger partial charge is 0.258 e. The van der Waals surface area contributed by atoms with Crippen molar-refractivity contribution in [2.24, 2.45) is 13.0 Å². The number of pyridine rings is 2. The van der Waals surface area contributed by atoms with E-state index in [9.17, 15) is 10.2 Å². The summed E-state index contributed by atoms with van der Waals surface area (Å²) >= 11 is 6.81. The van der Waals surface area contributed by atoms with Crippen molar-refractivity contribution < 1.29 is 19.7 Å². The molecule has 10 heteroatoms. The van der Waals surface area contributed by atoms with Gasteiger partial charge in [0.15, 0.2) is 0 Å². The fourth-order valence-electron chi connectivity index (χ4n) is 4.43. The molecule has 35 heavy (non-hydrogen) atoms. The number of halogens is 1. The first-order valence-electron chi connectivity index (χ1n) is 11.3. The standard InChI is InChI=1S/C25H30ClN5O4/c1-14-7-9-18(15(2)28-14)25(33,20-12-27-30-31(20)5)16-8-10-19-17(11-16)21(26)22(23(29-19)34-6)35-13-24(3,4)32/h7,9-12,16,32-33H,8,13H2,1-6H3. The zero-order valence-corrected chi connectivity index (χ0v) is 21.5. The molecular weight excluding hydrogens is 470 g/mol. The van der Waals surface area contributed by atoms with Crippen LogP contribution in [0.4, 0.5) is 0 Å². The second-order valence-electron chi connectivity index (χ2n) is 9.47. The monoisotopic (exact) mass is 499 g/mol. The van der Waals surface area contributed by atoms with Crippen molar-refractivity contribution in [2.45, 2.75) is 45.3 Å². The number of aryl methyl sites for hydroxylation is 3. The Morgan fingerprint density at radius 2 is 1.94 bits per heavy atom. The highest BCUT2D eigenvalue weighted by molar-refractivity contribution is 6.32. The van der Waals surface area contributed by atoms with Crippen LogP contribution < -0.4 is 20.0 Å². The highest BCUT2D eigenvalue weighted by Gasteiger charge is 2.43. The lowest BCUT2D eigenvalue weighted by Crippen LogP contribution is -2.43. The van der Waals surface area contributed by atoms with Crippen LogP contribution in [0.25, 0.3) is 12.2 Å². The van der Waals surface area contributed by atoms with E-state index < -0.39 is 17.1 Å². The molecule has 0 fully saturated rings. The second kappa shape index (κ2) is 9.22. The minimum absolute atomic E-state index is 0.00442. The van der Waals surface area contributed by atoms with Gasteiger partial charge in [0.1, 0.15) is 12.2 Å². The van der Waals surface area contributed by atoms with Gasteiger partial charge < -0.3 is 19.7 Å². The Kier molecular flexibility index (Phi) is 6.61. The number of ether oxygens (including phenoxy) is 2. The van der Waals surface area contributed by atoms with Crippen LogP contribution in [0.1, 0.15) is 42.9 Å². The van der Waals surface area contributed by atoms with Gasteiger partial charge in [0.2, 0.25) is 5.75 Å². The fourth-order valence-corrected chi connectivity index (χ4v) is 4.72. The van der Waals surface area contributed by atoms with E-state index in [1.807, 2.05) is 38.1 Å². The number of aromatic nitrogens is 5. The van der Waals surface area contributed by atoms with Crippen LogP contribution in [0.15, 0.2) is 18.3 Å². The summed E-state index contributed by atoms with van der Waals surface area (Å²) in [6.45, 7) is 7.05. The summed E-state index contributed by atoms with van der Waals surface area (Å²) in [6.07, 6.45) is 5.85. The van der Waals surface area contributed by atoms with Gasteiger partial charge in [-0.05, 0) is 40.2 Å². The normalized spacial score (nSPS) is 17.1. The van der Waals surface area contributed by atoms with E-state index in [2.05, 4.69) is 20.3 Å². The first-order valence-corrected chi connectivity index (χ1v) is 11.7.